The number of carbonyl (C=O) groups is 2. The summed E-state index contributed by atoms with van der Waals surface area (Å²) in [5.41, 5.74) is 4.36. The van der Waals surface area contributed by atoms with Gasteiger partial charge in [0.25, 0.3) is 0 Å². The van der Waals surface area contributed by atoms with E-state index in [-0.39, 0.29) is 6.42 Å². The average Bonchev–Trinajstić information content (AvgIpc) is 2.79. The molecule has 2 N–H and O–H groups in total. The Hall–Kier alpha value is -3.84. The number of para-hydroxylation sites is 3. The largest absolute Gasteiger partial charge is 0.495 e. The second-order valence-corrected chi connectivity index (χ2v) is 7.04. The number of ether oxygens (including phenoxy) is 2. The van der Waals surface area contributed by atoms with Crippen LogP contribution in [0.1, 0.15) is 17.5 Å². The lowest BCUT2D eigenvalue weighted by atomic mass is 10.2. The number of halogens is 1. The fourth-order valence-electron chi connectivity index (χ4n) is 2.79. The third-order valence-electron chi connectivity index (χ3n) is 4.36. The van der Waals surface area contributed by atoms with Gasteiger partial charge in [-0.25, -0.2) is 5.43 Å². The lowest BCUT2D eigenvalue weighted by molar-refractivity contribution is -0.126. The number of nitrogens with zero attached hydrogens (tertiary/aromatic N) is 1. The van der Waals surface area contributed by atoms with Crippen LogP contribution in [0.4, 0.5) is 5.69 Å². The van der Waals surface area contributed by atoms with Gasteiger partial charge in [-0.1, -0.05) is 54.1 Å². The number of hydrazone groups is 1. The fourth-order valence-corrected chi connectivity index (χ4v) is 2.98. The van der Waals surface area contributed by atoms with Crippen molar-refractivity contribution in [2.75, 3.05) is 12.4 Å². The van der Waals surface area contributed by atoms with Crippen LogP contribution in [0.2, 0.25) is 5.02 Å². The van der Waals surface area contributed by atoms with Crippen molar-refractivity contribution < 1.29 is 19.1 Å². The average molecular weight is 452 g/mol. The maximum atomic E-state index is 12.1. The Bertz CT molecular complexity index is 1120. The Morgan fingerprint density at radius 1 is 0.938 bits per heavy atom. The van der Waals surface area contributed by atoms with E-state index in [0.717, 1.165) is 5.56 Å². The predicted octanol–water partition coefficient (Wildman–Crippen LogP) is 4.41. The van der Waals surface area contributed by atoms with E-state index in [1.807, 2.05) is 30.3 Å². The second-order valence-electron chi connectivity index (χ2n) is 6.64. The Morgan fingerprint density at radius 3 is 2.41 bits per heavy atom. The number of nitrogens with one attached hydrogen (secondary N) is 2. The van der Waals surface area contributed by atoms with E-state index in [0.29, 0.717) is 34.4 Å². The van der Waals surface area contributed by atoms with E-state index in [4.69, 9.17) is 21.1 Å². The van der Waals surface area contributed by atoms with Gasteiger partial charge >= 0.3 is 0 Å². The van der Waals surface area contributed by atoms with Crippen molar-refractivity contribution in [3.8, 4) is 11.5 Å². The first-order chi connectivity index (χ1) is 15.6. The van der Waals surface area contributed by atoms with Gasteiger partial charge in [0.1, 0.15) is 24.5 Å². The molecule has 0 fully saturated rings. The topological polar surface area (TPSA) is 89.0 Å². The molecule has 0 spiro atoms. The van der Waals surface area contributed by atoms with Crippen LogP contribution in [-0.2, 0) is 16.2 Å². The predicted molar refractivity (Wildman–Crippen MR) is 124 cm³/mol. The lowest BCUT2D eigenvalue weighted by Crippen LogP contribution is -2.24. The van der Waals surface area contributed by atoms with E-state index < -0.39 is 11.8 Å². The van der Waals surface area contributed by atoms with Crippen molar-refractivity contribution in [3.63, 3.8) is 0 Å². The number of rotatable bonds is 9. The minimum absolute atomic E-state index is 0.292. The molecular formula is C24H22ClN3O4. The minimum atomic E-state index is -0.553. The van der Waals surface area contributed by atoms with Crippen LogP contribution < -0.4 is 20.2 Å². The van der Waals surface area contributed by atoms with Gasteiger partial charge in [0.2, 0.25) is 11.8 Å². The summed E-state index contributed by atoms with van der Waals surface area (Å²) in [5, 5.41) is 7.19. The van der Waals surface area contributed by atoms with Gasteiger partial charge in [-0.05, 0) is 30.3 Å². The molecule has 2 amide bonds. The molecule has 0 unspecified atom stereocenters. The molecule has 7 nitrogen and oxygen atoms in total. The highest BCUT2D eigenvalue weighted by Crippen LogP contribution is 2.23. The van der Waals surface area contributed by atoms with E-state index in [2.05, 4.69) is 15.8 Å². The van der Waals surface area contributed by atoms with Gasteiger partial charge in [0.15, 0.2) is 0 Å². The summed E-state index contributed by atoms with van der Waals surface area (Å²) >= 11 is 6.16. The molecule has 0 aliphatic heterocycles. The Morgan fingerprint density at radius 2 is 1.62 bits per heavy atom. The van der Waals surface area contributed by atoms with Crippen LogP contribution in [0.5, 0.6) is 11.5 Å². The van der Waals surface area contributed by atoms with Gasteiger partial charge in [-0.15, -0.1) is 0 Å². The highest BCUT2D eigenvalue weighted by Gasteiger charge is 2.11. The monoisotopic (exact) mass is 451 g/mol. The molecule has 8 heteroatoms. The summed E-state index contributed by atoms with van der Waals surface area (Å²) in [6.07, 6.45) is 1.07. The Labute approximate surface area is 191 Å². The second kappa shape index (κ2) is 11.5. The van der Waals surface area contributed by atoms with Crippen molar-refractivity contribution in [1.82, 2.24) is 5.43 Å². The van der Waals surface area contributed by atoms with Crippen LogP contribution >= 0.6 is 11.6 Å². The summed E-state index contributed by atoms with van der Waals surface area (Å²) in [7, 11) is 1.50. The molecule has 3 aromatic carbocycles. The molecule has 0 aliphatic rings. The molecule has 0 atom stereocenters. The number of anilines is 1. The molecule has 3 rings (SSSR count). The first-order valence-electron chi connectivity index (χ1n) is 9.77. The number of amides is 2. The zero-order chi connectivity index (χ0) is 22.8. The van der Waals surface area contributed by atoms with Crippen molar-refractivity contribution in [1.29, 1.82) is 0 Å². The van der Waals surface area contributed by atoms with Crippen molar-refractivity contribution >= 4 is 35.3 Å². The lowest BCUT2D eigenvalue weighted by Gasteiger charge is -2.10. The summed E-state index contributed by atoms with van der Waals surface area (Å²) < 4.78 is 11.0. The van der Waals surface area contributed by atoms with Crippen molar-refractivity contribution in [2.45, 2.75) is 13.0 Å². The maximum Gasteiger partial charge on any atom is 0.249 e. The van der Waals surface area contributed by atoms with Gasteiger partial charge in [0, 0.05) is 16.1 Å². The standard InChI is InChI=1S/C24H22ClN3O4/c1-31-22-13-7-5-11-20(22)27-23(29)14-24(30)28-26-15-17-8-3-6-12-21(17)32-16-18-9-2-4-10-19(18)25/h2-13,15H,14,16H2,1H3,(H,27,29)(H,28,30). The van der Waals surface area contributed by atoms with Gasteiger partial charge in [-0.3, -0.25) is 9.59 Å². The number of hydrogen-bond donors (Lipinski definition) is 2. The molecule has 0 saturated heterocycles. The molecule has 0 bridgehead atoms. The quantitative estimate of drug-likeness (QED) is 0.286. The molecule has 32 heavy (non-hydrogen) atoms. The van der Waals surface area contributed by atoms with E-state index >= 15 is 0 Å². The molecular weight excluding hydrogens is 430 g/mol. The van der Waals surface area contributed by atoms with Crippen LogP contribution in [0.15, 0.2) is 77.9 Å². The summed E-state index contributed by atoms with van der Waals surface area (Å²) in [6.45, 7) is 0.292. The third kappa shape index (κ3) is 6.58. The van der Waals surface area contributed by atoms with Gasteiger partial charge < -0.3 is 14.8 Å². The minimum Gasteiger partial charge on any atom is -0.495 e. The van der Waals surface area contributed by atoms with Crippen molar-refractivity contribution in [3.05, 3.63) is 88.9 Å². The molecule has 0 saturated carbocycles. The van der Waals surface area contributed by atoms with Crippen LogP contribution in [0, 0.1) is 0 Å². The molecule has 164 valence electrons. The van der Waals surface area contributed by atoms with E-state index in [1.165, 1.54) is 13.3 Å². The zero-order valence-corrected chi connectivity index (χ0v) is 18.1. The fraction of sp³-hybridized carbons (Fsp3) is 0.125. The first-order valence-corrected chi connectivity index (χ1v) is 10.1. The summed E-state index contributed by atoms with van der Waals surface area (Å²) in [6, 6.07) is 21.6. The normalized spacial score (nSPS) is 10.6. The van der Waals surface area contributed by atoms with Crippen molar-refractivity contribution in [2.24, 2.45) is 5.10 Å². The zero-order valence-electron chi connectivity index (χ0n) is 17.4. The number of hydrogen-bond acceptors (Lipinski definition) is 5. The van der Waals surface area contributed by atoms with Crippen LogP contribution in [0.25, 0.3) is 0 Å². The van der Waals surface area contributed by atoms with Gasteiger partial charge in [-0.2, -0.15) is 5.10 Å². The van der Waals surface area contributed by atoms with Crippen LogP contribution in [-0.4, -0.2) is 25.1 Å². The third-order valence-corrected chi connectivity index (χ3v) is 4.72. The Kier molecular flexibility index (Phi) is 8.22. The smallest absolute Gasteiger partial charge is 0.249 e. The molecule has 0 aromatic heterocycles. The summed E-state index contributed by atoms with van der Waals surface area (Å²) in [5.74, 6) is 0.0563. The molecule has 0 aliphatic carbocycles. The van der Waals surface area contributed by atoms with E-state index in [1.54, 1.807) is 42.5 Å². The number of carbonyl (C=O) groups excluding carboxylic acids is 2. The molecule has 0 radical (unpaired) electrons. The van der Waals surface area contributed by atoms with Gasteiger partial charge in [0.05, 0.1) is 19.0 Å². The number of methoxy groups -OCH3 is 1. The number of benzene rings is 3. The first kappa shape index (κ1) is 22.8. The SMILES string of the molecule is COc1ccccc1NC(=O)CC(=O)NN=Cc1ccccc1OCc1ccccc1Cl. The molecule has 3 aromatic rings. The molecule has 0 heterocycles. The van der Waals surface area contributed by atoms with E-state index in [9.17, 15) is 9.59 Å². The highest BCUT2D eigenvalue weighted by molar-refractivity contribution is 6.31. The summed E-state index contributed by atoms with van der Waals surface area (Å²) in [4.78, 5) is 24.2. The highest BCUT2D eigenvalue weighted by atomic mass is 35.5. The Balaban J connectivity index is 1.53. The van der Waals surface area contributed by atoms with Crippen LogP contribution in [0.3, 0.4) is 0 Å². The maximum absolute atomic E-state index is 12.1.